The molecule has 1 heterocycles. The van der Waals surface area contributed by atoms with Gasteiger partial charge in [-0.2, -0.15) is 5.10 Å². The summed E-state index contributed by atoms with van der Waals surface area (Å²) in [4.78, 5) is 0.261. The summed E-state index contributed by atoms with van der Waals surface area (Å²) < 4.78 is 32.6. The molecule has 8 heteroatoms. The van der Waals surface area contributed by atoms with Crippen LogP contribution in [0.1, 0.15) is 6.42 Å². The van der Waals surface area contributed by atoms with Crippen LogP contribution in [0, 0.1) is 0 Å². The molecule has 0 amide bonds. The molecule has 4 aromatic rings. The third-order valence-corrected chi connectivity index (χ3v) is 6.42. The number of benzene rings is 3. The first kappa shape index (κ1) is 21.1. The molecular weight excluding hydrogens is 410 g/mol. The maximum absolute atomic E-state index is 13.4. The first-order chi connectivity index (χ1) is 13.6. The minimum Gasteiger partial charge on any atom is -0.494 e. The summed E-state index contributed by atoms with van der Waals surface area (Å²) in [5, 5.41) is 12.1. The van der Waals surface area contributed by atoms with Gasteiger partial charge in [-0.1, -0.05) is 36.4 Å². The number of rotatable bonds is 7. The van der Waals surface area contributed by atoms with Crippen LogP contribution in [0.5, 0.6) is 5.75 Å². The Kier molecular flexibility index (Phi) is 6.42. The molecule has 152 valence electrons. The average molecular weight is 432 g/mol. The van der Waals surface area contributed by atoms with Crippen LogP contribution >= 0.6 is 12.4 Å². The lowest BCUT2D eigenvalue weighted by Gasteiger charge is -2.08. The first-order valence-corrected chi connectivity index (χ1v) is 10.6. The summed E-state index contributed by atoms with van der Waals surface area (Å²) in [5.41, 5.74) is 0.585. The lowest BCUT2D eigenvalue weighted by molar-refractivity contribution is 0.310. The summed E-state index contributed by atoms with van der Waals surface area (Å²) in [5.74, 6) is 0.624. The summed E-state index contributed by atoms with van der Waals surface area (Å²) in [6.07, 6.45) is 0.862. The fourth-order valence-electron chi connectivity index (χ4n) is 3.24. The van der Waals surface area contributed by atoms with Crippen molar-refractivity contribution in [3.05, 3.63) is 60.7 Å². The van der Waals surface area contributed by atoms with E-state index in [-0.39, 0.29) is 22.3 Å². The Balaban J connectivity index is 0.00000240. The van der Waals surface area contributed by atoms with E-state index in [4.69, 9.17) is 4.74 Å². The molecule has 0 aliphatic rings. The number of aromatic nitrogens is 2. The Morgan fingerprint density at radius 3 is 2.66 bits per heavy atom. The molecule has 0 unspecified atom stereocenters. The van der Waals surface area contributed by atoms with E-state index >= 15 is 0 Å². The van der Waals surface area contributed by atoms with Crippen molar-refractivity contribution in [2.45, 2.75) is 16.3 Å². The van der Waals surface area contributed by atoms with Crippen LogP contribution in [0.3, 0.4) is 0 Å². The number of ether oxygens (including phenoxy) is 1. The average Bonchev–Trinajstić information content (AvgIpc) is 3.15. The molecule has 0 saturated carbocycles. The molecular formula is C21H22ClN3O3S. The van der Waals surface area contributed by atoms with E-state index in [1.807, 2.05) is 37.4 Å². The highest BCUT2D eigenvalue weighted by atomic mass is 35.5. The van der Waals surface area contributed by atoms with Gasteiger partial charge in [0.1, 0.15) is 5.75 Å². The van der Waals surface area contributed by atoms with E-state index in [1.165, 1.54) is 0 Å². The SMILES string of the molecule is CNCCCOc1ccc2n[nH]c(S(=O)(=O)c3cccc4ccccc34)c2c1.Cl. The predicted octanol–water partition coefficient (Wildman–Crippen LogP) is 3.96. The van der Waals surface area contributed by atoms with Crippen LogP contribution < -0.4 is 10.1 Å². The van der Waals surface area contributed by atoms with Gasteiger partial charge in [0, 0.05) is 10.8 Å². The lowest BCUT2D eigenvalue weighted by atomic mass is 10.1. The fraction of sp³-hybridized carbons (Fsp3) is 0.190. The molecule has 2 N–H and O–H groups in total. The topological polar surface area (TPSA) is 84.1 Å². The molecule has 4 rings (SSSR count). The second kappa shape index (κ2) is 8.82. The van der Waals surface area contributed by atoms with Crippen molar-refractivity contribution in [3.63, 3.8) is 0 Å². The first-order valence-electron chi connectivity index (χ1n) is 9.09. The van der Waals surface area contributed by atoms with Crippen molar-refractivity contribution in [2.75, 3.05) is 20.2 Å². The van der Waals surface area contributed by atoms with Crippen molar-refractivity contribution in [1.82, 2.24) is 15.5 Å². The maximum Gasteiger partial charge on any atom is 0.224 e. The zero-order valence-electron chi connectivity index (χ0n) is 15.9. The van der Waals surface area contributed by atoms with Gasteiger partial charge < -0.3 is 10.1 Å². The second-order valence-corrected chi connectivity index (χ2v) is 8.37. The molecule has 0 spiro atoms. The van der Waals surface area contributed by atoms with E-state index in [2.05, 4.69) is 15.5 Å². The van der Waals surface area contributed by atoms with Crippen molar-refractivity contribution in [1.29, 1.82) is 0 Å². The summed E-state index contributed by atoms with van der Waals surface area (Å²) in [7, 11) is -1.89. The minimum absolute atomic E-state index is 0. The third-order valence-electron chi connectivity index (χ3n) is 4.64. The minimum atomic E-state index is -3.78. The molecule has 0 aliphatic heterocycles. The Hall–Kier alpha value is -2.61. The number of aromatic amines is 1. The van der Waals surface area contributed by atoms with Crippen molar-refractivity contribution < 1.29 is 13.2 Å². The van der Waals surface area contributed by atoms with E-state index in [9.17, 15) is 8.42 Å². The Labute approximate surface area is 175 Å². The highest BCUT2D eigenvalue weighted by molar-refractivity contribution is 7.91. The zero-order chi connectivity index (χ0) is 19.6. The molecule has 1 aromatic heterocycles. The number of fused-ring (bicyclic) bond motifs is 2. The largest absolute Gasteiger partial charge is 0.494 e. The van der Waals surface area contributed by atoms with Crippen molar-refractivity contribution >= 4 is 43.9 Å². The number of nitrogens with zero attached hydrogens (tertiary/aromatic N) is 1. The number of halogens is 1. The fourth-order valence-corrected chi connectivity index (χ4v) is 4.81. The summed E-state index contributed by atoms with van der Waals surface area (Å²) >= 11 is 0. The Bertz CT molecular complexity index is 1230. The van der Waals surface area contributed by atoms with E-state index in [0.717, 1.165) is 18.4 Å². The van der Waals surface area contributed by atoms with Gasteiger partial charge in [-0.15, -0.1) is 12.4 Å². The zero-order valence-corrected chi connectivity index (χ0v) is 17.5. The predicted molar refractivity (Wildman–Crippen MR) is 117 cm³/mol. The lowest BCUT2D eigenvalue weighted by Crippen LogP contribution is -2.11. The van der Waals surface area contributed by atoms with Crippen LogP contribution in [0.15, 0.2) is 70.6 Å². The molecule has 0 bridgehead atoms. The molecule has 0 saturated heterocycles. The Morgan fingerprint density at radius 2 is 1.83 bits per heavy atom. The normalized spacial score (nSPS) is 11.5. The molecule has 29 heavy (non-hydrogen) atoms. The van der Waals surface area contributed by atoms with Gasteiger partial charge in [0.05, 0.1) is 17.0 Å². The quantitative estimate of drug-likeness (QED) is 0.433. The van der Waals surface area contributed by atoms with E-state index in [0.29, 0.717) is 28.6 Å². The van der Waals surface area contributed by atoms with Crippen LogP contribution in [0.4, 0.5) is 0 Å². The summed E-state index contributed by atoms with van der Waals surface area (Å²) in [6, 6.07) is 18.0. The third kappa shape index (κ3) is 4.07. The highest BCUT2D eigenvalue weighted by Gasteiger charge is 2.25. The Morgan fingerprint density at radius 1 is 1.03 bits per heavy atom. The maximum atomic E-state index is 13.4. The number of sulfone groups is 1. The molecule has 6 nitrogen and oxygen atoms in total. The van der Waals surface area contributed by atoms with Crippen LogP contribution in [-0.2, 0) is 9.84 Å². The smallest absolute Gasteiger partial charge is 0.224 e. The van der Waals surface area contributed by atoms with Crippen molar-refractivity contribution in [3.8, 4) is 5.75 Å². The monoisotopic (exact) mass is 431 g/mol. The van der Waals surface area contributed by atoms with Crippen LogP contribution in [-0.4, -0.2) is 38.8 Å². The molecule has 0 fully saturated rings. The highest BCUT2D eigenvalue weighted by Crippen LogP contribution is 2.32. The van der Waals surface area contributed by atoms with Crippen LogP contribution in [0.2, 0.25) is 0 Å². The number of nitrogens with one attached hydrogen (secondary N) is 2. The number of hydrogen-bond acceptors (Lipinski definition) is 5. The molecule has 3 aromatic carbocycles. The van der Waals surface area contributed by atoms with Crippen molar-refractivity contribution in [2.24, 2.45) is 0 Å². The molecule has 0 radical (unpaired) electrons. The second-order valence-electron chi connectivity index (χ2n) is 6.52. The van der Waals surface area contributed by atoms with Gasteiger partial charge in [0.15, 0.2) is 5.03 Å². The van der Waals surface area contributed by atoms with Gasteiger partial charge in [-0.25, -0.2) is 8.42 Å². The summed E-state index contributed by atoms with van der Waals surface area (Å²) in [6.45, 7) is 1.41. The van der Waals surface area contributed by atoms with Gasteiger partial charge in [-0.3, -0.25) is 5.10 Å². The van der Waals surface area contributed by atoms with E-state index in [1.54, 1.807) is 30.3 Å². The van der Waals surface area contributed by atoms with Crippen LogP contribution in [0.25, 0.3) is 21.7 Å². The van der Waals surface area contributed by atoms with E-state index < -0.39 is 9.84 Å². The molecule has 0 aliphatic carbocycles. The van der Waals surface area contributed by atoms with Gasteiger partial charge in [-0.05, 0) is 49.7 Å². The van der Waals surface area contributed by atoms with Gasteiger partial charge in [0.2, 0.25) is 9.84 Å². The molecule has 0 atom stereocenters. The number of hydrogen-bond donors (Lipinski definition) is 2. The number of H-pyrrole nitrogens is 1. The standard InChI is InChI=1S/C21H21N3O3S.ClH/c1-22-12-5-13-27-16-10-11-19-18(14-16)21(24-23-19)28(25,26)20-9-4-7-15-6-2-3-8-17(15)20;/h2-4,6-11,14,22H,5,12-13H2,1H3,(H,23,24);1H. The van der Waals surface area contributed by atoms with Gasteiger partial charge >= 0.3 is 0 Å². The van der Waals surface area contributed by atoms with Gasteiger partial charge in [0.25, 0.3) is 0 Å².